The van der Waals surface area contributed by atoms with Crippen LogP contribution in [-0.2, 0) is 10.2 Å². The smallest absolute Gasteiger partial charge is 0.228 e. The molecule has 1 saturated carbocycles. The summed E-state index contributed by atoms with van der Waals surface area (Å²) < 4.78 is 0. The van der Waals surface area contributed by atoms with Gasteiger partial charge in [0.05, 0.1) is 5.41 Å². The highest BCUT2D eigenvalue weighted by Gasteiger charge is 2.46. The van der Waals surface area contributed by atoms with Gasteiger partial charge in [-0.15, -0.1) is 0 Å². The molecule has 0 spiro atoms. The van der Waals surface area contributed by atoms with E-state index in [-0.39, 0.29) is 5.91 Å². The van der Waals surface area contributed by atoms with Gasteiger partial charge in [-0.2, -0.15) is 0 Å². The quantitative estimate of drug-likeness (QED) is 0.774. The van der Waals surface area contributed by atoms with Crippen molar-refractivity contribution in [2.75, 3.05) is 0 Å². The average molecular weight is 189 g/mol. The minimum Gasteiger partial charge on any atom is -0.369 e. The lowest BCUT2D eigenvalue weighted by molar-refractivity contribution is -0.123. The number of hydrogen-bond acceptors (Lipinski definition) is 1. The molecule has 1 amide bonds. The fraction of sp³-hybridized carbons (Fsp3) is 0.417. The molecule has 1 unspecified atom stereocenters. The number of nitrogens with two attached hydrogens (primary N) is 1. The number of primary amides is 1. The molecule has 1 atom stereocenters. The fourth-order valence-electron chi connectivity index (χ4n) is 2.02. The van der Waals surface area contributed by atoms with Gasteiger partial charge >= 0.3 is 0 Å². The second-order valence-corrected chi connectivity index (χ2v) is 4.21. The van der Waals surface area contributed by atoms with E-state index in [2.05, 4.69) is 0 Å². The molecule has 2 nitrogen and oxygen atoms in total. The molecule has 1 aromatic rings. The third-order valence-electron chi connectivity index (χ3n) is 3.28. The van der Waals surface area contributed by atoms with Gasteiger partial charge in [-0.25, -0.2) is 0 Å². The topological polar surface area (TPSA) is 43.1 Å². The summed E-state index contributed by atoms with van der Waals surface area (Å²) >= 11 is 0. The molecule has 0 radical (unpaired) electrons. The Morgan fingerprint density at radius 1 is 1.36 bits per heavy atom. The van der Waals surface area contributed by atoms with Gasteiger partial charge in [0, 0.05) is 0 Å². The van der Waals surface area contributed by atoms with E-state index in [0.29, 0.717) is 5.92 Å². The van der Waals surface area contributed by atoms with Crippen LogP contribution < -0.4 is 5.73 Å². The Labute approximate surface area is 84.1 Å². The van der Waals surface area contributed by atoms with Crippen LogP contribution in [0.3, 0.4) is 0 Å². The highest BCUT2D eigenvalue weighted by atomic mass is 16.1. The summed E-state index contributed by atoms with van der Waals surface area (Å²) in [5.74, 6) is 0.244. The van der Waals surface area contributed by atoms with Gasteiger partial charge in [0.25, 0.3) is 0 Å². The van der Waals surface area contributed by atoms with Crippen LogP contribution in [0.4, 0.5) is 0 Å². The maximum atomic E-state index is 11.5. The van der Waals surface area contributed by atoms with Gasteiger partial charge in [0.1, 0.15) is 0 Å². The van der Waals surface area contributed by atoms with E-state index in [1.807, 2.05) is 37.3 Å². The molecule has 0 saturated heterocycles. The fourth-order valence-corrected chi connectivity index (χ4v) is 2.02. The predicted octanol–water partition coefficient (Wildman–Crippen LogP) is 1.84. The van der Waals surface area contributed by atoms with Crippen LogP contribution in [0.5, 0.6) is 0 Å². The third kappa shape index (κ3) is 1.31. The third-order valence-corrected chi connectivity index (χ3v) is 3.28. The molecule has 1 aromatic carbocycles. The molecule has 2 N–H and O–H groups in total. The van der Waals surface area contributed by atoms with Crippen molar-refractivity contribution in [3.63, 3.8) is 0 Å². The number of benzene rings is 1. The van der Waals surface area contributed by atoms with Gasteiger partial charge in [-0.1, -0.05) is 30.3 Å². The zero-order valence-electron chi connectivity index (χ0n) is 8.36. The molecule has 0 aromatic heterocycles. The first kappa shape index (κ1) is 9.25. The summed E-state index contributed by atoms with van der Waals surface area (Å²) in [6.07, 6.45) is 2.24. The van der Waals surface area contributed by atoms with Gasteiger partial charge in [0.15, 0.2) is 0 Å². The second kappa shape index (κ2) is 3.12. The van der Waals surface area contributed by atoms with Crippen molar-refractivity contribution in [3.05, 3.63) is 35.9 Å². The van der Waals surface area contributed by atoms with Gasteiger partial charge in [-0.05, 0) is 31.2 Å². The summed E-state index contributed by atoms with van der Waals surface area (Å²) in [4.78, 5) is 11.5. The Bertz CT molecular complexity index is 343. The SMILES string of the molecule is CC(C(N)=O)(c1ccccc1)C1CC1. The first-order valence-electron chi connectivity index (χ1n) is 5.01. The molecular weight excluding hydrogens is 174 g/mol. The van der Waals surface area contributed by atoms with Gasteiger partial charge in [0.2, 0.25) is 5.91 Å². The Balaban J connectivity index is 2.41. The Hall–Kier alpha value is -1.31. The summed E-state index contributed by atoms with van der Waals surface area (Å²) in [5, 5.41) is 0. The minimum atomic E-state index is -0.457. The van der Waals surface area contributed by atoms with E-state index in [0.717, 1.165) is 18.4 Å². The Morgan fingerprint density at radius 3 is 2.36 bits per heavy atom. The lowest BCUT2D eigenvalue weighted by Crippen LogP contribution is -2.40. The van der Waals surface area contributed by atoms with Crippen molar-refractivity contribution in [1.29, 1.82) is 0 Å². The van der Waals surface area contributed by atoms with E-state index in [1.165, 1.54) is 0 Å². The summed E-state index contributed by atoms with van der Waals surface area (Å²) in [6, 6.07) is 9.85. The molecule has 2 rings (SSSR count). The molecule has 1 aliphatic rings. The first-order chi connectivity index (χ1) is 6.65. The van der Waals surface area contributed by atoms with Crippen LogP contribution in [0.15, 0.2) is 30.3 Å². The summed E-state index contributed by atoms with van der Waals surface area (Å²) in [7, 11) is 0. The van der Waals surface area contributed by atoms with Gasteiger partial charge < -0.3 is 5.73 Å². The Kier molecular flexibility index (Phi) is 2.06. The average Bonchev–Trinajstić information content (AvgIpc) is 3.01. The number of hydrogen-bond donors (Lipinski definition) is 1. The largest absolute Gasteiger partial charge is 0.369 e. The van der Waals surface area contributed by atoms with Crippen molar-refractivity contribution in [1.82, 2.24) is 0 Å². The zero-order chi connectivity index (χ0) is 10.2. The van der Waals surface area contributed by atoms with Crippen LogP contribution >= 0.6 is 0 Å². The lowest BCUT2D eigenvalue weighted by atomic mass is 9.77. The molecule has 1 aliphatic carbocycles. The standard InChI is InChI=1S/C12H15NO/c1-12(11(13)14,10-7-8-10)9-5-3-2-4-6-9/h2-6,10H,7-8H2,1H3,(H2,13,14). The van der Waals surface area contributed by atoms with E-state index in [1.54, 1.807) is 0 Å². The summed E-state index contributed by atoms with van der Waals surface area (Å²) in [6.45, 7) is 1.96. The van der Waals surface area contributed by atoms with E-state index in [4.69, 9.17) is 5.73 Å². The molecular formula is C12H15NO. The van der Waals surface area contributed by atoms with Crippen molar-refractivity contribution >= 4 is 5.91 Å². The second-order valence-electron chi connectivity index (χ2n) is 4.21. The normalized spacial score (nSPS) is 20.1. The van der Waals surface area contributed by atoms with Crippen LogP contribution in [-0.4, -0.2) is 5.91 Å². The summed E-state index contributed by atoms with van der Waals surface area (Å²) in [5.41, 5.74) is 6.10. The highest BCUT2D eigenvalue weighted by molar-refractivity contribution is 5.87. The van der Waals surface area contributed by atoms with Crippen molar-refractivity contribution in [2.24, 2.45) is 11.7 Å². The van der Waals surface area contributed by atoms with Crippen molar-refractivity contribution in [3.8, 4) is 0 Å². The lowest BCUT2D eigenvalue weighted by Gasteiger charge is -2.26. The van der Waals surface area contributed by atoms with Crippen LogP contribution in [0, 0.1) is 5.92 Å². The van der Waals surface area contributed by atoms with Crippen molar-refractivity contribution < 1.29 is 4.79 Å². The molecule has 0 heterocycles. The maximum Gasteiger partial charge on any atom is 0.228 e. The maximum absolute atomic E-state index is 11.5. The van der Waals surface area contributed by atoms with Gasteiger partial charge in [-0.3, -0.25) is 4.79 Å². The minimum absolute atomic E-state index is 0.203. The molecule has 74 valence electrons. The van der Waals surface area contributed by atoms with E-state index >= 15 is 0 Å². The predicted molar refractivity (Wildman–Crippen MR) is 55.7 cm³/mol. The number of amides is 1. The highest BCUT2D eigenvalue weighted by Crippen LogP contribution is 2.46. The number of carbonyl (C=O) groups excluding carboxylic acids is 1. The first-order valence-corrected chi connectivity index (χ1v) is 5.01. The van der Waals surface area contributed by atoms with E-state index in [9.17, 15) is 4.79 Å². The molecule has 14 heavy (non-hydrogen) atoms. The number of carbonyl (C=O) groups is 1. The van der Waals surface area contributed by atoms with Crippen LogP contribution in [0.1, 0.15) is 25.3 Å². The molecule has 1 fully saturated rings. The van der Waals surface area contributed by atoms with Crippen LogP contribution in [0.2, 0.25) is 0 Å². The van der Waals surface area contributed by atoms with Crippen LogP contribution in [0.25, 0.3) is 0 Å². The molecule has 0 aliphatic heterocycles. The molecule has 0 bridgehead atoms. The monoisotopic (exact) mass is 189 g/mol. The van der Waals surface area contributed by atoms with Crippen molar-refractivity contribution in [2.45, 2.75) is 25.2 Å². The van der Waals surface area contributed by atoms with E-state index < -0.39 is 5.41 Å². The number of rotatable bonds is 3. The Morgan fingerprint density at radius 2 is 1.93 bits per heavy atom. The zero-order valence-corrected chi connectivity index (χ0v) is 8.36. The molecule has 2 heteroatoms.